The molecule has 0 radical (unpaired) electrons. The van der Waals surface area contributed by atoms with E-state index >= 15 is 0 Å². The van der Waals surface area contributed by atoms with Gasteiger partial charge in [0, 0.05) is 24.6 Å². The van der Waals surface area contributed by atoms with Crippen molar-refractivity contribution in [2.24, 2.45) is 0 Å². The Bertz CT molecular complexity index is 1340. The van der Waals surface area contributed by atoms with Crippen molar-refractivity contribution in [3.05, 3.63) is 101 Å². The summed E-state index contributed by atoms with van der Waals surface area (Å²) < 4.78 is 5.50. The van der Waals surface area contributed by atoms with Crippen LogP contribution in [0.5, 0.6) is 5.75 Å². The van der Waals surface area contributed by atoms with Crippen LogP contribution in [0.15, 0.2) is 78.9 Å². The van der Waals surface area contributed by atoms with Crippen LogP contribution in [-0.2, 0) is 27.3 Å². The van der Waals surface area contributed by atoms with Crippen LogP contribution < -0.4 is 10.6 Å². The van der Waals surface area contributed by atoms with Gasteiger partial charge in [-0.25, -0.2) is 4.79 Å². The molecular weight excluding hydrogens is 530 g/mol. The average molecular weight is 574 g/mol. The quantitative estimate of drug-likeness (QED) is 0.268. The topological polar surface area (TPSA) is 108 Å². The number of nitrogens with zero attached hydrogens (tertiary/aromatic N) is 1. The number of ether oxygens (including phenoxy) is 1. The molecule has 3 atom stereocenters. The SMILES string of the molecule is CCC(C)N(C(=O)C(Cc1ccccc1)NC(=O)OC(C)(C)C)C(C(=O)NCc1ccccc1)c1cccc(C)c1O. The van der Waals surface area contributed by atoms with E-state index in [1.165, 1.54) is 4.90 Å². The van der Waals surface area contributed by atoms with Gasteiger partial charge in [-0.15, -0.1) is 0 Å². The molecule has 3 amide bonds. The Morgan fingerprint density at radius 2 is 1.50 bits per heavy atom. The lowest BCUT2D eigenvalue weighted by Gasteiger charge is -2.38. The van der Waals surface area contributed by atoms with Gasteiger partial charge in [0.2, 0.25) is 11.8 Å². The second-order valence-electron chi connectivity index (χ2n) is 11.5. The van der Waals surface area contributed by atoms with Crippen LogP contribution in [0.1, 0.15) is 69.3 Å². The number of aromatic hydroxyl groups is 1. The highest BCUT2D eigenvalue weighted by Gasteiger charge is 2.39. The minimum Gasteiger partial charge on any atom is -0.507 e. The highest BCUT2D eigenvalue weighted by molar-refractivity contribution is 5.93. The smallest absolute Gasteiger partial charge is 0.408 e. The van der Waals surface area contributed by atoms with Crippen LogP contribution in [0.2, 0.25) is 0 Å². The zero-order valence-corrected chi connectivity index (χ0v) is 25.4. The van der Waals surface area contributed by atoms with Gasteiger partial charge >= 0.3 is 6.09 Å². The number of phenolic OH excluding ortho intramolecular Hbond substituents is 1. The van der Waals surface area contributed by atoms with E-state index in [1.807, 2.05) is 74.5 Å². The van der Waals surface area contributed by atoms with Crippen molar-refractivity contribution in [1.29, 1.82) is 0 Å². The summed E-state index contributed by atoms with van der Waals surface area (Å²) in [7, 11) is 0. The lowest BCUT2D eigenvalue weighted by molar-refractivity contribution is -0.145. The maximum atomic E-state index is 14.5. The Hall–Kier alpha value is -4.33. The minimum absolute atomic E-state index is 0.0572. The molecule has 3 aromatic rings. The van der Waals surface area contributed by atoms with Gasteiger partial charge in [-0.05, 0) is 57.7 Å². The molecule has 0 saturated carbocycles. The number of para-hydroxylation sites is 1. The number of benzene rings is 3. The molecule has 0 saturated heterocycles. The summed E-state index contributed by atoms with van der Waals surface area (Å²) in [5, 5.41) is 16.9. The highest BCUT2D eigenvalue weighted by Crippen LogP contribution is 2.34. The molecule has 3 aromatic carbocycles. The molecule has 42 heavy (non-hydrogen) atoms. The first kappa shape index (κ1) is 32.2. The second-order valence-corrected chi connectivity index (χ2v) is 11.5. The fourth-order valence-electron chi connectivity index (χ4n) is 4.68. The highest BCUT2D eigenvalue weighted by atomic mass is 16.6. The Morgan fingerprint density at radius 1 is 0.905 bits per heavy atom. The number of amides is 3. The van der Waals surface area contributed by atoms with Crippen LogP contribution in [0.25, 0.3) is 0 Å². The van der Waals surface area contributed by atoms with Crippen molar-refractivity contribution >= 4 is 17.9 Å². The van der Waals surface area contributed by atoms with Crippen molar-refractivity contribution in [2.75, 3.05) is 0 Å². The van der Waals surface area contributed by atoms with Gasteiger partial charge in [0.25, 0.3) is 0 Å². The fraction of sp³-hybridized carbons (Fsp3) is 0.382. The van der Waals surface area contributed by atoms with Crippen molar-refractivity contribution in [2.45, 2.75) is 84.7 Å². The normalized spacial score (nSPS) is 13.4. The standard InChI is InChI=1S/C34H43N3O5/c1-7-24(3)37(32(40)28(21-25-16-10-8-11-17-25)36-33(41)42-34(4,5)6)29(27-20-14-15-23(2)30(27)38)31(39)35-22-26-18-12-9-13-19-26/h8-20,24,28-29,38H,7,21-22H2,1-6H3,(H,35,39)(H,36,41). The van der Waals surface area contributed by atoms with E-state index < -0.39 is 41.6 Å². The summed E-state index contributed by atoms with van der Waals surface area (Å²) in [5.74, 6) is -0.956. The lowest BCUT2D eigenvalue weighted by atomic mass is 9.96. The van der Waals surface area contributed by atoms with E-state index in [9.17, 15) is 19.5 Å². The summed E-state index contributed by atoms with van der Waals surface area (Å²) >= 11 is 0. The molecule has 224 valence electrons. The number of rotatable bonds is 11. The van der Waals surface area contributed by atoms with Crippen LogP contribution in [0, 0.1) is 6.92 Å². The Labute approximate surface area is 249 Å². The first-order valence-electron chi connectivity index (χ1n) is 14.4. The number of hydrogen-bond acceptors (Lipinski definition) is 5. The van der Waals surface area contributed by atoms with Crippen molar-refractivity contribution in [3.8, 4) is 5.75 Å². The molecule has 3 N–H and O–H groups in total. The van der Waals surface area contributed by atoms with Gasteiger partial charge < -0.3 is 25.4 Å². The van der Waals surface area contributed by atoms with Gasteiger partial charge in [0.15, 0.2) is 0 Å². The van der Waals surface area contributed by atoms with E-state index in [0.717, 1.165) is 11.1 Å². The first-order valence-corrected chi connectivity index (χ1v) is 14.4. The largest absolute Gasteiger partial charge is 0.507 e. The first-order chi connectivity index (χ1) is 19.9. The molecule has 0 aliphatic rings. The third kappa shape index (κ3) is 8.83. The number of carbonyl (C=O) groups excluding carboxylic acids is 3. The number of alkyl carbamates (subject to hydrolysis) is 1. The third-order valence-electron chi connectivity index (χ3n) is 6.99. The number of nitrogens with one attached hydrogen (secondary N) is 2. The monoisotopic (exact) mass is 573 g/mol. The summed E-state index contributed by atoms with van der Waals surface area (Å²) in [6.07, 6.45) is -0.0145. The van der Waals surface area contributed by atoms with Crippen LogP contribution in [0.4, 0.5) is 4.79 Å². The molecule has 8 heteroatoms. The fourth-order valence-corrected chi connectivity index (χ4v) is 4.68. The zero-order chi connectivity index (χ0) is 30.9. The number of carbonyl (C=O) groups is 3. The number of aryl methyl sites for hydroxylation is 1. The molecule has 0 bridgehead atoms. The van der Waals surface area contributed by atoms with Crippen molar-refractivity contribution in [1.82, 2.24) is 15.5 Å². The second kappa shape index (κ2) is 14.5. The van der Waals surface area contributed by atoms with E-state index in [0.29, 0.717) is 17.5 Å². The third-order valence-corrected chi connectivity index (χ3v) is 6.99. The van der Waals surface area contributed by atoms with Gasteiger partial charge in [-0.2, -0.15) is 0 Å². The minimum atomic E-state index is -1.16. The van der Waals surface area contributed by atoms with Crippen LogP contribution in [0.3, 0.4) is 0 Å². The lowest BCUT2D eigenvalue weighted by Crippen LogP contribution is -2.56. The summed E-state index contributed by atoms with van der Waals surface area (Å²) in [4.78, 5) is 43.0. The molecule has 0 heterocycles. The predicted octanol–water partition coefficient (Wildman–Crippen LogP) is 5.82. The average Bonchev–Trinajstić information content (AvgIpc) is 2.95. The molecule has 0 fully saturated rings. The molecule has 8 nitrogen and oxygen atoms in total. The summed E-state index contributed by atoms with van der Waals surface area (Å²) in [5.41, 5.74) is 1.85. The van der Waals surface area contributed by atoms with Crippen LogP contribution >= 0.6 is 0 Å². The maximum Gasteiger partial charge on any atom is 0.408 e. The van der Waals surface area contributed by atoms with Gasteiger partial charge in [0.1, 0.15) is 23.4 Å². The van der Waals surface area contributed by atoms with Gasteiger partial charge in [-0.1, -0.05) is 85.8 Å². The van der Waals surface area contributed by atoms with E-state index in [1.54, 1.807) is 45.9 Å². The predicted molar refractivity (Wildman–Crippen MR) is 164 cm³/mol. The molecule has 0 aromatic heterocycles. The van der Waals surface area contributed by atoms with Crippen molar-refractivity contribution in [3.63, 3.8) is 0 Å². The van der Waals surface area contributed by atoms with Crippen molar-refractivity contribution < 1.29 is 24.2 Å². The summed E-state index contributed by atoms with van der Waals surface area (Å²) in [6.45, 7) is 11.0. The van der Waals surface area contributed by atoms with E-state index in [4.69, 9.17) is 4.74 Å². The molecular formula is C34H43N3O5. The maximum absolute atomic E-state index is 14.5. The van der Waals surface area contributed by atoms with Gasteiger partial charge in [-0.3, -0.25) is 9.59 Å². The zero-order valence-electron chi connectivity index (χ0n) is 25.4. The Balaban J connectivity index is 2.07. The molecule has 0 aliphatic heterocycles. The Morgan fingerprint density at radius 3 is 2.07 bits per heavy atom. The van der Waals surface area contributed by atoms with E-state index in [2.05, 4.69) is 10.6 Å². The number of phenols is 1. The molecule has 0 aliphatic carbocycles. The van der Waals surface area contributed by atoms with E-state index in [-0.39, 0.29) is 18.7 Å². The number of hydrogen-bond donors (Lipinski definition) is 3. The van der Waals surface area contributed by atoms with Gasteiger partial charge in [0.05, 0.1) is 0 Å². The summed E-state index contributed by atoms with van der Waals surface area (Å²) in [6, 6.07) is 21.4. The van der Waals surface area contributed by atoms with Crippen LogP contribution in [-0.4, -0.2) is 45.6 Å². The molecule has 3 rings (SSSR count). The Kier molecular flexibility index (Phi) is 11.1. The molecule has 3 unspecified atom stereocenters. The molecule has 0 spiro atoms.